The molecule has 0 saturated carbocycles. The highest BCUT2D eigenvalue weighted by molar-refractivity contribution is 6.09. The summed E-state index contributed by atoms with van der Waals surface area (Å²) in [6, 6.07) is 14.3. The molecule has 2 rings (SSSR count). The van der Waals surface area contributed by atoms with Crippen LogP contribution in [0.15, 0.2) is 48.5 Å². The van der Waals surface area contributed by atoms with Crippen LogP contribution in [0.4, 0.5) is 11.4 Å². The predicted octanol–water partition coefficient (Wildman–Crippen LogP) is 4.97. The van der Waals surface area contributed by atoms with Crippen LogP contribution in [0.1, 0.15) is 75.2 Å². The second kappa shape index (κ2) is 12.2. The van der Waals surface area contributed by atoms with Crippen LogP contribution in [0.2, 0.25) is 0 Å². The number of carbonyl (C=O) groups excluding carboxylic acids is 3. The van der Waals surface area contributed by atoms with E-state index in [-0.39, 0.29) is 23.0 Å². The predicted molar refractivity (Wildman–Crippen MR) is 128 cm³/mol. The summed E-state index contributed by atoms with van der Waals surface area (Å²) >= 11 is 0. The Morgan fingerprint density at radius 1 is 0.750 bits per heavy atom. The number of anilines is 2. The maximum atomic E-state index is 12.7. The number of carbonyl (C=O) groups is 3. The molecule has 6 nitrogen and oxygen atoms in total. The van der Waals surface area contributed by atoms with Gasteiger partial charge in [0.2, 0.25) is 5.91 Å². The zero-order valence-corrected chi connectivity index (χ0v) is 19.2. The standard InChI is InChI=1S/C26H34N2O4/c1-26(2,3)28-22-16-12-20(13-17-22)25(32)19-10-14-21(15-11-19)27-24(31)9-7-5-4-6-8-23(30)18-29/h10-17,28-29H,4-9,18H2,1-3H3,(H,27,31). The molecule has 0 radical (unpaired) electrons. The molecule has 1 amide bonds. The summed E-state index contributed by atoms with van der Waals surface area (Å²) < 4.78 is 0. The number of ketones is 2. The summed E-state index contributed by atoms with van der Waals surface area (Å²) in [6.07, 6.45) is 4.02. The summed E-state index contributed by atoms with van der Waals surface area (Å²) in [4.78, 5) is 35.8. The third kappa shape index (κ3) is 9.02. The Balaban J connectivity index is 1.79. The van der Waals surface area contributed by atoms with Crippen molar-refractivity contribution >= 4 is 28.8 Å². The molecular weight excluding hydrogens is 404 g/mol. The van der Waals surface area contributed by atoms with E-state index in [4.69, 9.17) is 5.11 Å². The van der Waals surface area contributed by atoms with Crippen LogP contribution in [0, 0.1) is 0 Å². The van der Waals surface area contributed by atoms with Gasteiger partial charge in [0.25, 0.3) is 0 Å². The molecule has 2 aromatic carbocycles. The lowest BCUT2D eigenvalue weighted by Crippen LogP contribution is -2.25. The van der Waals surface area contributed by atoms with Crippen LogP contribution in [0.25, 0.3) is 0 Å². The van der Waals surface area contributed by atoms with Gasteiger partial charge >= 0.3 is 0 Å². The molecular formula is C26H34N2O4. The quantitative estimate of drug-likeness (QED) is 0.321. The lowest BCUT2D eigenvalue weighted by Gasteiger charge is -2.22. The van der Waals surface area contributed by atoms with Gasteiger partial charge in [-0.25, -0.2) is 0 Å². The molecule has 0 bridgehead atoms. The van der Waals surface area contributed by atoms with Gasteiger partial charge in [0, 0.05) is 40.9 Å². The average molecular weight is 439 g/mol. The maximum Gasteiger partial charge on any atom is 0.224 e. The van der Waals surface area contributed by atoms with Gasteiger partial charge in [-0.1, -0.05) is 12.8 Å². The Morgan fingerprint density at radius 3 is 1.75 bits per heavy atom. The second-order valence-electron chi connectivity index (χ2n) is 9.02. The number of amides is 1. The topological polar surface area (TPSA) is 95.5 Å². The Labute approximate surface area is 190 Å². The van der Waals surface area contributed by atoms with Crippen LogP contribution in [-0.2, 0) is 9.59 Å². The molecule has 0 aliphatic carbocycles. The molecule has 0 fully saturated rings. The highest BCUT2D eigenvalue weighted by atomic mass is 16.3. The average Bonchev–Trinajstić information content (AvgIpc) is 2.75. The summed E-state index contributed by atoms with van der Waals surface area (Å²) in [6.45, 7) is 5.85. The first kappa shape index (κ1) is 25.3. The van der Waals surface area contributed by atoms with E-state index < -0.39 is 6.61 Å². The van der Waals surface area contributed by atoms with Gasteiger partial charge in [0.05, 0.1) is 0 Å². The van der Waals surface area contributed by atoms with Crippen LogP contribution in [0.5, 0.6) is 0 Å². The number of aliphatic hydroxyl groups excluding tert-OH is 1. The van der Waals surface area contributed by atoms with Gasteiger partial charge < -0.3 is 15.7 Å². The van der Waals surface area contributed by atoms with E-state index in [0.717, 1.165) is 31.4 Å². The fourth-order valence-corrected chi connectivity index (χ4v) is 3.27. The van der Waals surface area contributed by atoms with Gasteiger partial charge in [-0.05, 0) is 82.1 Å². The number of rotatable bonds is 12. The zero-order chi connectivity index (χ0) is 23.6. The van der Waals surface area contributed by atoms with Crippen LogP contribution < -0.4 is 10.6 Å². The minimum absolute atomic E-state index is 0.0491. The third-order valence-corrected chi connectivity index (χ3v) is 4.88. The minimum atomic E-state index is -0.395. The summed E-state index contributed by atoms with van der Waals surface area (Å²) in [7, 11) is 0. The molecule has 0 aromatic heterocycles. The molecule has 0 saturated heterocycles. The molecule has 32 heavy (non-hydrogen) atoms. The van der Waals surface area contributed by atoms with Gasteiger partial charge in [-0.15, -0.1) is 0 Å². The number of aliphatic hydroxyl groups is 1. The number of nitrogens with one attached hydrogen (secondary N) is 2. The van der Waals surface area contributed by atoms with E-state index in [1.165, 1.54) is 0 Å². The summed E-state index contributed by atoms with van der Waals surface area (Å²) in [5, 5.41) is 14.9. The highest BCUT2D eigenvalue weighted by Crippen LogP contribution is 2.19. The number of hydrogen-bond donors (Lipinski definition) is 3. The number of benzene rings is 2. The van der Waals surface area contributed by atoms with E-state index in [1.54, 1.807) is 24.3 Å². The monoisotopic (exact) mass is 438 g/mol. The van der Waals surface area contributed by atoms with Gasteiger partial charge in [-0.2, -0.15) is 0 Å². The maximum absolute atomic E-state index is 12.7. The van der Waals surface area contributed by atoms with E-state index >= 15 is 0 Å². The fraction of sp³-hybridized carbons (Fsp3) is 0.423. The first-order chi connectivity index (χ1) is 15.2. The van der Waals surface area contributed by atoms with Gasteiger partial charge in [-0.3, -0.25) is 14.4 Å². The SMILES string of the molecule is CC(C)(C)Nc1ccc(C(=O)c2ccc(NC(=O)CCCCCCC(=O)CO)cc2)cc1. The second-order valence-corrected chi connectivity index (χ2v) is 9.02. The van der Waals surface area contributed by atoms with Crippen molar-refractivity contribution in [3.05, 3.63) is 59.7 Å². The van der Waals surface area contributed by atoms with Crippen molar-refractivity contribution in [1.82, 2.24) is 0 Å². The van der Waals surface area contributed by atoms with Crippen molar-refractivity contribution in [2.45, 2.75) is 64.8 Å². The summed E-state index contributed by atoms with van der Waals surface area (Å²) in [5.74, 6) is -0.276. The Bertz CT molecular complexity index is 897. The molecule has 0 atom stereocenters. The van der Waals surface area contributed by atoms with Crippen molar-refractivity contribution in [3.8, 4) is 0 Å². The van der Waals surface area contributed by atoms with Crippen LogP contribution >= 0.6 is 0 Å². The molecule has 0 aliphatic heterocycles. The molecule has 0 unspecified atom stereocenters. The van der Waals surface area contributed by atoms with Crippen molar-refractivity contribution in [3.63, 3.8) is 0 Å². The molecule has 172 valence electrons. The van der Waals surface area contributed by atoms with Crippen LogP contribution in [-0.4, -0.2) is 34.7 Å². The van der Waals surface area contributed by atoms with Gasteiger partial charge in [0.1, 0.15) is 6.61 Å². The number of hydrogen-bond acceptors (Lipinski definition) is 5. The number of unbranched alkanes of at least 4 members (excludes halogenated alkanes) is 3. The largest absolute Gasteiger partial charge is 0.389 e. The Hall–Kier alpha value is -2.99. The van der Waals surface area contributed by atoms with E-state index in [1.807, 2.05) is 24.3 Å². The molecule has 0 heterocycles. The molecule has 6 heteroatoms. The minimum Gasteiger partial charge on any atom is -0.389 e. The molecule has 3 N–H and O–H groups in total. The molecule has 2 aromatic rings. The van der Waals surface area contributed by atoms with Crippen molar-refractivity contribution in [2.24, 2.45) is 0 Å². The lowest BCUT2D eigenvalue weighted by atomic mass is 10.0. The normalized spacial score (nSPS) is 11.1. The van der Waals surface area contributed by atoms with E-state index in [2.05, 4.69) is 31.4 Å². The van der Waals surface area contributed by atoms with Crippen LogP contribution in [0.3, 0.4) is 0 Å². The van der Waals surface area contributed by atoms with Crippen molar-refractivity contribution in [2.75, 3.05) is 17.2 Å². The Morgan fingerprint density at radius 2 is 1.25 bits per heavy atom. The Kier molecular flexibility index (Phi) is 9.60. The smallest absolute Gasteiger partial charge is 0.224 e. The zero-order valence-electron chi connectivity index (χ0n) is 19.2. The molecule has 0 spiro atoms. The molecule has 0 aliphatic rings. The summed E-state index contributed by atoms with van der Waals surface area (Å²) in [5.41, 5.74) is 2.75. The van der Waals surface area contributed by atoms with E-state index in [9.17, 15) is 14.4 Å². The lowest BCUT2D eigenvalue weighted by molar-refractivity contribution is -0.122. The van der Waals surface area contributed by atoms with Crippen molar-refractivity contribution < 1.29 is 19.5 Å². The first-order valence-electron chi connectivity index (χ1n) is 11.1. The third-order valence-electron chi connectivity index (χ3n) is 4.88. The fourth-order valence-electron chi connectivity index (χ4n) is 3.27. The number of Topliss-reactive ketones (excluding diaryl/α,β-unsaturated/α-hetero) is 1. The first-order valence-corrected chi connectivity index (χ1v) is 11.1. The van der Waals surface area contributed by atoms with Gasteiger partial charge in [0.15, 0.2) is 11.6 Å². The van der Waals surface area contributed by atoms with Crippen molar-refractivity contribution in [1.29, 1.82) is 0 Å². The van der Waals surface area contributed by atoms with E-state index in [0.29, 0.717) is 29.7 Å². The highest BCUT2D eigenvalue weighted by Gasteiger charge is 2.12.